The van der Waals surface area contributed by atoms with Crippen LogP contribution < -0.4 is 4.74 Å². The largest absolute Gasteiger partial charge is 0.497 e. The number of carbonyl (C=O) groups is 3. The normalized spacial score (nSPS) is 22.5. The van der Waals surface area contributed by atoms with E-state index in [0.29, 0.717) is 18.2 Å². The Morgan fingerprint density at radius 1 is 0.804 bits per heavy atom. The molecule has 4 rings (SSSR count). The fourth-order valence-electron chi connectivity index (χ4n) is 4.65. The molecule has 3 N–H and O–H groups in total. The fourth-order valence-corrected chi connectivity index (χ4v) is 4.65. The van der Waals surface area contributed by atoms with Crippen molar-refractivity contribution in [3.8, 4) is 5.75 Å². The molecule has 0 aromatic heterocycles. The molecule has 0 spiro atoms. The number of ether oxygens (including phenoxy) is 2. The maximum absolute atomic E-state index is 10.6. The number of benzene rings is 1. The highest BCUT2D eigenvalue weighted by atomic mass is 19.4. The van der Waals surface area contributed by atoms with Gasteiger partial charge in [0.05, 0.1) is 19.3 Å². The number of fused-ring (bicyclic) bond motifs is 1. The summed E-state index contributed by atoms with van der Waals surface area (Å²) >= 11 is 0. The number of aliphatic carboxylic acids is 3. The molecule has 1 aromatic rings. The van der Waals surface area contributed by atoms with Crippen LogP contribution in [0.5, 0.6) is 5.75 Å². The Labute approximate surface area is 257 Å². The van der Waals surface area contributed by atoms with Crippen LogP contribution in [0.3, 0.4) is 0 Å². The average molecular weight is 688 g/mol. The standard InChI is InChI=1S/C20H31N3O2.3C2HF3O2/c1-21-9-11-22(12-10-21)19-15-23(18-4-3-13-25-20(18)19)14-16-5-7-17(24-2)8-6-16;3*3-2(4,5)1(6)7/h5-8,18-20H,3-4,9-15H2,1-2H3;3*(H,6,7)/t18-,19-,20+;;;/m0.../s1. The van der Waals surface area contributed by atoms with Crippen LogP contribution in [0.2, 0.25) is 0 Å². The molecule has 3 atom stereocenters. The van der Waals surface area contributed by atoms with E-state index in [2.05, 4.69) is 46.0 Å². The molecule has 264 valence electrons. The summed E-state index contributed by atoms with van der Waals surface area (Å²) in [5.74, 6) is -7.34. The van der Waals surface area contributed by atoms with Gasteiger partial charge in [-0.1, -0.05) is 12.1 Å². The summed E-state index contributed by atoms with van der Waals surface area (Å²) in [5.41, 5.74) is 1.36. The molecule has 3 aliphatic rings. The first-order chi connectivity index (χ1) is 21.1. The van der Waals surface area contributed by atoms with E-state index in [4.69, 9.17) is 39.2 Å². The molecule has 3 aliphatic heterocycles. The van der Waals surface area contributed by atoms with Crippen molar-refractivity contribution in [1.82, 2.24) is 14.7 Å². The number of likely N-dealkylation sites (tertiary alicyclic amines) is 1. The number of carboxylic acid groups (broad SMARTS) is 3. The molecule has 0 amide bonds. The van der Waals surface area contributed by atoms with Gasteiger partial charge in [0.1, 0.15) is 5.75 Å². The third kappa shape index (κ3) is 14.0. The third-order valence-electron chi connectivity index (χ3n) is 6.88. The molecular formula is C26H34F9N3O8. The summed E-state index contributed by atoms with van der Waals surface area (Å²) in [6, 6.07) is 9.65. The van der Waals surface area contributed by atoms with E-state index < -0.39 is 36.4 Å². The van der Waals surface area contributed by atoms with Crippen LogP contribution >= 0.6 is 0 Å². The zero-order valence-corrected chi connectivity index (χ0v) is 24.5. The summed E-state index contributed by atoms with van der Waals surface area (Å²) in [6.07, 6.45) is -12.4. The lowest BCUT2D eigenvalue weighted by molar-refractivity contribution is -0.193. The molecule has 11 nitrogen and oxygen atoms in total. The lowest BCUT2D eigenvalue weighted by atomic mass is 9.99. The van der Waals surface area contributed by atoms with E-state index in [1.165, 1.54) is 44.6 Å². The predicted molar refractivity (Wildman–Crippen MR) is 140 cm³/mol. The summed E-state index contributed by atoms with van der Waals surface area (Å²) < 4.78 is 107. The number of likely N-dealkylation sites (N-methyl/N-ethyl adjacent to an activating group) is 1. The van der Waals surface area contributed by atoms with Gasteiger partial charge in [0, 0.05) is 51.9 Å². The van der Waals surface area contributed by atoms with Crippen molar-refractivity contribution >= 4 is 17.9 Å². The monoisotopic (exact) mass is 687 g/mol. The molecule has 3 fully saturated rings. The molecule has 0 unspecified atom stereocenters. The maximum Gasteiger partial charge on any atom is 0.490 e. The Morgan fingerprint density at radius 2 is 1.24 bits per heavy atom. The topological polar surface area (TPSA) is 140 Å². The quantitative estimate of drug-likeness (QED) is 0.401. The van der Waals surface area contributed by atoms with Crippen molar-refractivity contribution in [3.63, 3.8) is 0 Å². The second-order valence-corrected chi connectivity index (χ2v) is 10.1. The molecule has 3 saturated heterocycles. The lowest BCUT2D eigenvalue weighted by Crippen LogP contribution is -2.54. The second kappa shape index (κ2) is 17.5. The molecule has 0 bridgehead atoms. The zero-order chi connectivity index (χ0) is 35.5. The van der Waals surface area contributed by atoms with Gasteiger partial charge < -0.3 is 29.7 Å². The van der Waals surface area contributed by atoms with Gasteiger partial charge in [-0.15, -0.1) is 0 Å². The van der Waals surface area contributed by atoms with Crippen LogP contribution in [0.1, 0.15) is 18.4 Å². The van der Waals surface area contributed by atoms with Crippen LogP contribution in [-0.4, -0.2) is 138 Å². The van der Waals surface area contributed by atoms with Crippen molar-refractivity contribution in [2.24, 2.45) is 0 Å². The van der Waals surface area contributed by atoms with E-state index in [0.717, 1.165) is 25.4 Å². The predicted octanol–water partition coefficient (Wildman–Crippen LogP) is 3.57. The Balaban J connectivity index is 0.000000413. The highest BCUT2D eigenvalue weighted by molar-refractivity contribution is 5.73. The van der Waals surface area contributed by atoms with E-state index in [-0.39, 0.29) is 0 Å². The Hall–Kier alpha value is -3.36. The van der Waals surface area contributed by atoms with Crippen molar-refractivity contribution in [1.29, 1.82) is 0 Å². The summed E-state index contributed by atoms with van der Waals surface area (Å²) in [6.45, 7) is 7.76. The van der Waals surface area contributed by atoms with E-state index in [1.807, 2.05) is 0 Å². The highest BCUT2D eigenvalue weighted by Crippen LogP contribution is 2.33. The lowest BCUT2D eigenvalue weighted by Gasteiger charge is -2.39. The number of hydrogen-bond acceptors (Lipinski definition) is 8. The third-order valence-corrected chi connectivity index (χ3v) is 6.88. The van der Waals surface area contributed by atoms with Gasteiger partial charge in [0.15, 0.2) is 0 Å². The van der Waals surface area contributed by atoms with Crippen LogP contribution in [0, 0.1) is 0 Å². The average Bonchev–Trinajstić information content (AvgIpc) is 3.31. The van der Waals surface area contributed by atoms with Gasteiger partial charge in [-0.2, -0.15) is 39.5 Å². The minimum Gasteiger partial charge on any atom is -0.497 e. The molecular weight excluding hydrogens is 653 g/mol. The van der Waals surface area contributed by atoms with Gasteiger partial charge in [0.2, 0.25) is 0 Å². The molecule has 0 aliphatic carbocycles. The van der Waals surface area contributed by atoms with Crippen molar-refractivity contribution in [2.75, 3.05) is 53.5 Å². The summed E-state index contributed by atoms with van der Waals surface area (Å²) in [4.78, 5) is 34.5. The summed E-state index contributed by atoms with van der Waals surface area (Å²) in [5, 5.41) is 21.4. The zero-order valence-electron chi connectivity index (χ0n) is 24.5. The van der Waals surface area contributed by atoms with Gasteiger partial charge >= 0.3 is 36.4 Å². The molecule has 3 heterocycles. The van der Waals surface area contributed by atoms with E-state index >= 15 is 0 Å². The van der Waals surface area contributed by atoms with Crippen LogP contribution in [0.4, 0.5) is 39.5 Å². The number of alkyl halides is 9. The number of rotatable bonds is 4. The molecule has 0 saturated carbocycles. The van der Waals surface area contributed by atoms with Crippen LogP contribution in [0.25, 0.3) is 0 Å². The first-order valence-corrected chi connectivity index (χ1v) is 13.4. The van der Waals surface area contributed by atoms with Crippen LogP contribution in [-0.2, 0) is 25.7 Å². The number of piperazine rings is 1. The van der Waals surface area contributed by atoms with Crippen molar-refractivity contribution < 1.29 is 78.7 Å². The smallest absolute Gasteiger partial charge is 0.490 e. The van der Waals surface area contributed by atoms with Crippen LogP contribution in [0.15, 0.2) is 24.3 Å². The summed E-state index contributed by atoms with van der Waals surface area (Å²) in [7, 11) is 3.95. The maximum atomic E-state index is 10.6. The highest BCUT2D eigenvalue weighted by Gasteiger charge is 2.46. The Morgan fingerprint density at radius 3 is 1.63 bits per heavy atom. The van der Waals surface area contributed by atoms with Gasteiger partial charge in [-0.3, -0.25) is 9.80 Å². The first-order valence-electron chi connectivity index (χ1n) is 13.4. The number of halogens is 9. The number of carboxylic acids is 3. The second-order valence-electron chi connectivity index (χ2n) is 10.1. The number of hydrogen-bond donors (Lipinski definition) is 3. The SMILES string of the molecule is COc1ccc(CN2C[C@H](N3CCN(C)CC3)[C@@H]3OCCC[C@@H]32)cc1.O=C(O)C(F)(F)F.O=C(O)C(F)(F)F.O=C(O)C(F)(F)F. The molecule has 1 aromatic carbocycles. The van der Waals surface area contributed by atoms with Crippen molar-refractivity contribution in [2.45, 2.75) is 56.1 Å². The van der Waals surface area contributed by atoms with Crippen molar-refractivity contribution in [3.05, 3.63) is 29.8 Å². The molecule has 20 heteroatoms. The van der Waals surface area contributed by atoms with Gasteiger partial charge in [-0.25, -0.2) is 14.4 Å². The minimum atomic E-state index is -5.08. The van der Waals surface area contributed by atoms with Gasteiger partial charge in [0.25, 0.3) is 0 Å². The molecule has 0 radical (unpaired) electrons. The van der Waals surface area contributed by atoms with E-state index in [1.54, 1.807) is 7.11 Å². The Bertz CT molecular complexity index is 1050. The van der Waals surface area contributed by atoms with Gasteiger partial charge in [-0.05, 0) is 37.6 Å². The number of nitrogens with zero attached hydrogens (tertiary/aromatic N) is 3. The van der Waals surface area contributed by atoms with E-state index in [9.17, 15) is 39.5 Å². The Kier molecular flexibility index (Phi) is 15.5. The molecule has 46 heavy (non-hydrogen) atoms. The minimum absolute atomic E-state index is 0.385. The number of methoxy groups -OCH3 is 1. The fraction of sp³-hybridized carbons (Fsp3) is 0.654. The first kappa shape index (κ1) is 40.7.